The van der Waals surface area contributed by atoms with Crippen LogP contribution in [0.5, 0.6) is 0 Å². The molecule has 7 nitrogen and oxygen atoms in total. The Morgan fingerprint density at radius 1 is 1.36 bits per heavy atom. The normalized spacial score (nSPS) is 22.2. The largest absolute Gasteiger partial charge is 0.394 e. The van der Waals surface area contributed by atoms with Gasteiger partial charge in [0.05, 0.1) is 18.5 Å². The first kappa shape index (κ1) is 19.4. The quantitative estimate of drug-likeness (QED) is 0.530. The van der Waals surface area contributed by atoms with E-state index in [0.717, 1.165) is 5.71 Å². The van der Waals surface area contributed by atoms with Crippen LogP contribution in [0.2, 0.25) is 0 Å². The number of carbonyl (C=O) groups excluding carboxylic acids is 1. The number of nitrogens with one attached hydrogen (secondary N) is 1. The highest BCUT2D eigenvalue weighted by Crippen LogP contribution is 2.34. The summed E-state index contributed by atoms with van der Waals surface area (Å²) in [7, 11) is 0. The molecular formula is C14H27N3O4S. The molecule has 1 aliphatic rings. The molecule has 0 aromatic carbocycles. The summed E-state index contributed by atoms with van der Waals surface area (Å²) in [4.78, 5) is 11.7. The Bertz CT molecular complexity index is 406. The van der Waals surface area contributed by atoms with Crippen molar-refractivity contribution < 1.29 is 20.2 Å². The van der Waals surface area contributed by atoms with Crippen molar-refractivity contribution >= 4 is 23.4 Å². The lowest BCUT2D eigenvalue weighted by molar-refractivity contribution is -0.226. The predicted molar refractivity (Wildman–Crippen MR) is 87.0 cm³/mol. The zero-order valence-corrected chi connectivity index (χ0v) is 14.5. The van der Waals surface area contributed by atoms with Gasteiger partial charge in [-0.3, -0.25) is 4.79 Å². The molecule has 0 radical (unpaired) electrons. The Kier molecular flexibility index (Phi) is 6.82. The fourth-order valence-corrected chi connectivity index (χ4v) is 3.37. The molecule has 0 aliphatic carbocycles. The number of hydrazone groups is 1. The number of thioether (sulfide) groups is 1. The van der Waals surface area contributed by atoms with Gasteiger partial charge in [0.2, 0.25) is 5.91 Å². The second-order valence-electron chi connectivity index (χ2n) is 6.85. The van der Waals surface area contributed by atoms with E-state index in [9.17, 15) is 15.1 Å². The van der Waals surface area contributed by atoms with E-state index in [0.29, 0.717) is 18.6 Å². The predicted octanol–water partition coefficient (Wildman–Crippen LogP) is 0.587. The monoisotopic (exact) mass is 333 g/mol. The maximum Gasteiger partial charge on any atom is 0.250 e. The zero-order valence-electron chi connectivity index (χ0n) is 13.7. The lowest BCUT2D eigenvalue weighted by Gasteiger charge is -2.48. The molecule has 1 unspecified atom stereocenters. The van der Waals surface area contributed by atoms with Crippen LogP contribution < -0.4 is 5.43 Å². The van der Waals surface area contributed by atoms with Crippen LogP contribution in [0.3, 0.4) is 0 Å². The van der Waals surface area contributed by atoms with Crippen LogP contribution in [0.1, 0.15) is 40.5 Å². The Labute approximate surface area is 135 Å². The fourth-order valence-electron chi connectivity index (χ4n) is 2.62. The second kappa shape index (κ2) is 7.74. The third-order valence-corrected chi connectivity index (χ3v) is 4.60. The van der Waals surface area contributed by atoms with E-state index in [1.165, 1.54) is 16.8 Å². The number of hydrogen-bond acceptors (Lipinski definition) is 7. The van der Waals surface area contributed by atoms with Gasteiger partial charge in [-0.05, 0) is 27.7 Å². The van der Waals surface area contributed by atoms with E-state index < -0.39 is 17.2 Å². The van der Waals surface area contributed by atoms with Crippen molar-refractivity contribution in [3.8, 4) is 0 Å². The van der Waals surface area contributed by atoms with E-state index in [2.05, 4.69) is 10.5 Å². The van der Waals surface area contributed by atoms with Gasteiger partial charge in [-0.2, -0.15) is 10.2 Å². The topological polar surface area (TPSA) is 105 Å². The Balaban J connectivity index is 2.51. The van der Waals surface area contributed by atoms with Crippen LogP contribution in [-0.2, 0) is 4.79 Å². The molecule has 0 aromatic rings. The smallest absolute Gasteiger partial charge is 0.250 e. The maximum atomic E-state index is 11.7. The summed E-state index contributed by atoms with van der Waals surface area (Å²) in [6, 6.07) is 0. The summed E-state index contributed by atoms with van der Waals surface area (Å²) in [6.07, 6.45) is 0.340. The first-order valence-electron chi connectivity index (χ1n) is 7.28. The van der Waals surface area contributed by atoms with Gasteiger partial charge in [-0.25, -0.2) is 5.43 Å². The summed E-state index contributed by atoms with van der Waals surface area (Å²) in [5, 5.41) is 33.6. The van der Waals surface area contributed by atoms with Crippen molar-refractivity contribution in [1.82, 2.24) is 10.5 Å². The van der Waals surface area contributed by atoms with Crippen molar-refractivity contribution in [2.45, 2.75) is 57.7 Å². The molecule has 1 fully saturated rings. The molecule has 0 bridgehead atoms. The third-order valence-electron chi connectivity index (χ3n) is 3.51. The van der Waals surface area contributed by atoms with Gasteiger partial charge in [0.15, 0.2) is 0 Å². The summed E-state index contributed by atoms with van der Waals surface area (Å²) in [6.45, 7) is 7.41. The van der Waals surface area contributed by atoms with E-state index in [1.807, 2.05) is 27.7 Å². The van der Waals surface area contributed by atoms with Gasteiger partial charge in [0, 0.05) is 35.4 Å². The van der Waals surface area contributed by atoms with Crippen LogP contribution in [0.15, 0.2) is 5.10 Å². The zero-order chi connectivity index (χ0) is 17.0. The minimum Gasteiger partial charge on any atom is -0.394 e. The summed E-state index contributed by atoms with van der Waals surface area (Å²) in [5.74, 6) is 0.233. The minimum atomic E-state index is -0.806. The molecule has 4 N–H and O–H groups in total. The third kappa shape index (κ3) is 5.51. The molecule has 1 saturated heterocycles. The first-order valence-corrected chi connectivity index (χ1v) is 8.44. The summed E-state index contributed by atoms with van der Waals surface area (Å²) < 4.78 is 0. The van der Waals surface area contributed by atoms with Gasteiger partial charge >= 0.3 is 0 Å². The second-order valence-corrected chi connectivity index (χ2v) is 7.89. The molecule has 22 heavy (non-hydrogen) atoms. The van der Waals surface area contributed by atoms with E-state index in [1.54, 1.807) is 0 Å². The molecule has 1 heterocycles. The van der Waals surface area contributed by atoms with E-state index in [4.69, 9.17) is 5.11 Å². The molecular weight excluding hydrogens is 306 g/mol. The average molecular weight is 333 g/mol. The standard InChI is InChI=1S/C14H27N3O4S/c1-13(2)5-10(6-14(3,4)17(13)21)15-16-12(20)9-22-8-11(19)7-18/h11,18-19,21H,5-9H2,1-4H3,(H,16,20). The number of aliphatic hydroxyl groups excluding tert-OH is 2. The van der Waals surface area contributed by atoms with E-state index >= 15 is 0 Å². The molecule has 0 saturated carbocycles. The molecule has 1 amide bonds. The first-order chi connectivity index (χ1) is 10.1. The number of piperidine rings is 1. The average Bonchev–Trinajstić information content (AvgIpc) is 2.41. The Morgan fingerprint density at radius 3 is 2.41 bits per heavy atom. The molecule has 1 aliphatic heterocycles. The number of amides is 1. The number of aliphatic hydroxyl groups is 2. The van der Waals surface area contributed by atoms with Crippen LogP contribution in [0.4, 0.5) is 0 Å². The lowest BCUT2D eigenvalue weighted by Crippen LogP contribution is -2.59. The molecule has 128 valence electrons. The fraction of sp³-hybridized carbons (Fsp3) is 0.857. The summed E-state index contributed by atoms with van der Waals surface area (Å²) in [5.41, 5.74) is 2.48. The maximum absolute atomic E-state index is 11.7. The highest BCUT2D eigenvalue weighted by atomic mass is 32.2. The van der Waals surface area contributed by atoms with Crippen LogP contribution >= 0.6 is 11.8 Å². The molecule has 1 rings (SSSR count). The molecule has 0 spiro atoms. The number of rotatable bonds is 6. The Morgan fingerprint density at radius 2 is 1.91 bits per heavy atom. The molecule has 0 aromatic heterocycles. The minimum absolute atomic E-state index is 0.173. The number of nitrogens with zero attached hydrogens (tertiary/aromatic N) is 2. The van der Waals surface area contributed by atoms with E-state index in [-0.39, 0.29) is 18.3 Å². The van der Waals surface area contributed by atoms with Crippen LogP contribution in [0, 0.1) is 0 Å². The molecule has 8 heteroatoms. The number of hydrogen-bond donors (Lipinski definition) is 4. The van der Waals surface area contributed by atoms with Crippen molar-refractivity contribution in [2.24, 2.45) is 5.10 Å². The highest BCUT2D eigenvalue weighted by Gasteiger charge is 2.43. The number of carbonyl (C=O) groups is 1. The van der Waals surface area contributed by atoms with Gasteiger partial charge in [-0.15, -0.1) is 11.8 Å². The van der Waals surface area contributed by atoms with Gasteiger partial charge in [0.1, 0.15) is 0 Å². The van der Waals surface area contributed by atoms with Gasteiger partial charge in [0.25, 0.3) is 0 Å². The lowest BCUT2D eigenvalue weighted by atomic mass is 9.81. The Hall–Kier alpha value is -0.670. The number of hydroxylamine groups is 2. The van der Waals surface area contributed by atoms with Crippen LogP contribution in [0.25, 0.3) is 0 Å². The van der Waals surface area contributed by atoms with Crippen molar-refractivity contribution in [2.75, 3.05) is 18.1 Å². The van der Waals surface area contributed by atoms with Crippen molar-refractivity contribution in [1.29, 1.82) is 0 Å². The highest BCUT2D eigenvalue weighted by molar-refractivity contribution is 7.99. The van der Waals surface area contributed by atoms with Gasteiger partial charge in [-0.1, -0.05) is 0 Å². The molecule has 1 atom stereocenters. The summed E-state index contributed by atoms with van der Waals surface area (Å²) >= 11 is 1.24. The SMILES string of the molecule is CC1(C)CC(=NNC(=O)CSCC(O)CO)CC(C)(C)N1O. The van der Waals surface area contributed by atoms with Crippen LogP contribution in [-0.4, -0.2) is 67.4 Å². The van der Waals surface area contributed by atoms with Crippen molar-refractivity contribution in [3.63, 3.8) is 0 Å². The van der Waals surface area contributed by atoms with Crippen molar-refractivity contribution in [3.05, 3.63) is 0 Å². The van der Waals surface area contributed by atoms with Gasteiger partial charge < -0.3 is 15.4 Å².